The largest absolute Gasteiger partial charge is 0.493 e. The van der Waals surface area contributed by atoms with Crippen molar-refractivity contribution in [1.29, 1.82) is 0 Å². The van der Waals surface area contributed by atoms with E-state index in [1.807, 2.05) is 43.3 Å². The normalized spacial score (nSPS) is 12.5. The van der Waals surface area contributed by atoms with E-state index in [9.17, 15) is 14.4 Å². The quantitative estimate of drug-likeness (QED) is 0.534. The maximum atomic E-state index is 12.9. The number of carbonyl (C=O) groups excluding carboxylic acids is 3. The summed E-state index contributed by atoms with van der Waals surface area (Å²) in [7, 11) is 1.56. The number of nitrogens with zero attached hydrogens (tertiary/aromatic N) is 1. The number of hydrogen-bond acceptors (Lipinski definition) is 5. The fourth-order valence-electron chi connectivity index (χ4n) is 3.72. The number of nitrogens with one attached hydrogen (secondary N) is 1. The molecule has 0 bridgehead atoms. The van der Waals surface area contributed by atoms with Gasteiger partial charge in [0.05, 0.1) is 31.4 Å². The van der Waals surface area contributed by atoms with E-state index in [1.54, 1.807) is 25.3 Å². The zero-order valence-electron chi connectivity index (χ0n) is 18.5. The maximum Gasteiger partial charge on any atom is 0.261 e. The Hall–Kier alpha value is -4.13. The topological polar surface area (TPSA) is 84.9 Å². The summed E-state index contributed by atoms with van der Waals surface area (Å²) in [5.41, 5.74) is 2.56. The van der Waals surface area contributed by atoms with Crippen LogP contribution in [0.25, 0.3) is 0 Å². The molecule has 0 aromatic heterocycles. The standard InChI is InChI=1S/C26H24N2O5/c1-3-33-22-12-9-18(13-23(22)32-2)15-27-24(29)19-10-11-20-21(14-19)26(31)28(25(20)30)16-17-7-5-4-6-8-17/h4-14H,3,15-16H2,1-2H3,(H,27,29). The SMILES string of the molecule is CCOc1ccc(CNC(=O)c2ccc3c(c2)C(=O)N(Cc2ccccc2)C3=O)cc1OC. The first-order chi connectivity index (χ1) is 16.0. The molecule has 0 unspecified atom stereocenters. The Kier molecular flexibility index (Phi) is 6.40. The Morgan fingerprint density at radius 1 is 0.879 bits per heavy atom. The molecule has 0 saturated heterocycles. The van der Waals surface area contributed by atoms with Crippen LogP contribution in [-0.2, 0) is 13.1 Å². The third-order valence-corrected chi connectivity index (χ3v) is 5.40. The van der Waals surface area contributed by atoms with Crippen LogP contribution in [0.2, 0.25) is 0 Å². The molecule has 7 nitrogen and oxygen atoms in total. The van der Waals surface area contributed by atoms with Crippen LogP contribution >= 0.6 is 0 Å². The molecule has 3 aromatic rings. The highest BCUT2D eigenvalue weighted by molar-refractivity contribution is 6.22. The number of methoxy groups -OCH3 is 1. The Morgan fingerprint density at radius 3 is 2.36 bits per heavy atom. The van der Waals surface area contributed by atoms with Crippen molar-refractivity contribution in [2.24, 2.45) is 0 Å². The number of benzene rings is 3. The van der Waals surface area contributed by atoms with Gasteiger partial charge in [0.1, 0.15) is 0 Å². The number of imide groups is 1. The third kappa shape index (κ3) is 4.57. The second-order valence-corrected chi connectivity index (χ2v) is 7.54. The fourth-order valence-corrected chi connectivity index (χ4v) is 3.72. The number of hydrogen-bond donors (Lipinski definition) is 1. The molecule has 7 heteroatoms. The first kappa shape index (κ1) is 22.1. The predicted molar refractivity (Wildman–Crippen MR) is 122 cm³/mol. The van der Waals surface area contributed by atoms with E-state index in [4.69, 9.17) is 9.47 Å². The zero-order valence-corrected chi connectivity index (χ0v) is 18.5. The van der Waals surface area contributed by atoms with E-state index in [-0.39, 0.29) is 30.5 Å². The van der Waals surface area contributed by atoms with Gasteiger partial charge in [-0.1, -0.05) is 36.4 Å². The average Bonchev–Trinajstić information content (AvgIpc) is 3.08. The van der Waals surface area contributed by atoms with Crippen LogP contribution in [0.3, 0.4) is 0 Å². The molecule has 0 spiro atoms. The molecule has 0 radical (unpaired) electrons. The highest BCUT2D eigenvalue weighted by atomic mass is 16.5. The summed E-state index contributed by atoms with van der Waals surface area (Å²) in [5, 5.41) is 2.84. The molecule has 1 aliphatic heterocycles. The summed E-state index contributed by atoms with van der Waals surface area (Å²) in [4.78, 5) is 39.5. The summed E-state index contributed by atoms with van der Waals surface area (Å²) >= 11 is 0. The number of rotatable bonds is 8. The Bertz CT molecular complexity index is 1210. The lowest BCUT2D eigenvalue weighted by molar-refractivity contribution is 0.0642. The summed E-state index contributed by atoms with van der Waals surface area (Å²) in [5.74, 6) is 0.130. The highest BCUT2D eigenvalue weighted by Gasteiger charge is 2.35. The molecular formula is C26H24N2O5. The predicted octanol–water partition coefficient (Wildman–Crippen LogP) is 3.82. The van der Waals surface area contributed by atoms with E-state index in [2.05, 4.69) is 5.32 Å². The molecule has 1 heterocycles. The molecule has 1 aliphatic rings. The van der Waals surface area contributed by atoms with Gasteiger partial charge in [0.15, 0.2) is 11.5 Å². The molecule has 0 aliphatic carbocycles. The molecule has 168 valence electrons. The number of amides is 3. The van der Waals surface area contributed by atoms with Gasteiger partial charge in [-0.05, 0) is 48.4 Å². The molecule has 33 heavy (non-hydrogen) atoms. The van der Waals surface area contributed by atoms with Gasteiger partial charge in [-0.3, -0.25) is 19.3 Å². The zero-order chi connectivity index (χ0) is 23.4. The summed E-state index contributed by atoms with van der Waals surface area (Å²) in [6.45, 7) is 2.87. The summed E-state index contributed by atoms with van der Waals surface area (Å²) < 4.78 is 10.9. The van der Waals surface area contributed by atoms with Gasteiger partial charge in [0.2, 0.25) is 0 Å². The summed E-state index contributed by atoms with van der Waals surface area (Å²) in [6, 6.07) is 19.3. The molecule has 3 aromatic carbocycles. The van der Waals surface area contributed by atoms with Gasteiger partial charge in [0, 0.05) is 12.1 Å². The van der Waals surface area contributed by atoms with Crippen molar-refractivity contribution in [2.75, 3.05) is 13.7 Å². The first-order valence-electron chi connectivity index (χ1n) is 10.6. The van der Waals surface area contributed by atoms with Crippen molar-refractivity contribution in [1.82, 2.24) is 10.2 Å². The second kappa shape index (κ2) is 9.56. The summed E-state index contributed by atoms with van der Waals surface area (Å²) in [6.07, 6.45) is 0. The minimum Gasteiger partial charge on any atom is -0.493 e. The van der Waals surface area contributed by atoms with Crippen LogP contribution in [0.1, 0.15) is 49.1 Å². The van der Waals surface area contributed by atoms with E-state index in [0.717, 1.165) is 11.1 Å². The lowest BCUT2D eigenvalue weighted by Crippen LogP contribution is -2.29. The Morgan fingerprint density at radius 2 is 1.64 bits per heavy atom. The first-order valence-corrected chi connectivity index (χ1v) is 10.6. The molecule has 0 saturated carbocycles. The van der Waals surface area contributed by atoms with Crippen LogP contribution < -0.4 is 14.8 Å². The number of carbonyl (C=O) groups is 3. The number of fused-ring (bicyclic) bond motifs is 1. The monoisotopic (exact) mass is 444 g/mol. The second-order valence-electron chi connectivity index (χ2n) is 7.54. The maximum absolute atomic E-state index is 12.9. The average molecular weight is 444 g/mol. The molecule has 0 fully saturated rings. The lowest BCUT2D eigenvalue weighted by atomic mass is 10.1. The molecular weight excluding hydrogens is 420 g/mol. The smallest absolute Gasteiger partial charge is 0.261 e. The van der Waals surface area contributed by atoms with Crippen molar-refractivity contribution < 1.29 is 23.9 Å². The van der Waals surface area contributed by atoms with Crippen LogP contribution in [0.4, 0.5) is 0 Å². The molecule has 1 N–H and O–H groups in total. The Labute approximate surface area is 191 Å². The fraction of sp³-hybridized carbons (Fsp3) is 0.192. The third-order valence-electron chi connectivity index (χ3n) is 5.40. The Balaban J connectivity index is 1.46. The minimum atomic E-state index is -0.398. The molecule has 3 amide bonds. The van der Waals surface area contributed by atoms with Crippen LogP contribution in [0.15, 0.2) is 66.7 Å². The highest BCUT2D eigenvalue weighted by Crippen LogP contribution is 2.28. The van der Waals surface area contributed by atoms with Crippen molar-refractivity contribution >= 4 is 17.7 Å². The van der Waals surface area contributed by atoms with Crippen molar-refractivity contribution in [3.05, 3.63) is 94.5 Å². The molecule has 4 rings (SSSR count). The van der Waals surface area contributed by atoms with Crippen LogP contribution in [0.5, 0.6) is 11.5 Å². The van der Waals surface area contributed by atoms with E-state index in [1.165, 1.54) is 17.0 Å². The van der Waals surface area contributed by atoms with Gasteiger partial charge >= 0.3 is 0 Å². The van der Waals surface area contributed by atoms with Crippen molar-refractivity contribution in [2.45, 2.75) is 20.0 Å². The van der Waals surface area contributed by atoms with E-state index in [0.29, 0.717) is 29.2 Å². The van der Waals surface area contributed by atoms with E-state index < -0.39 is 5.91 Å². The number of ether oxygens (including phenoxy) is 2. The van der Waals surface area contributed by atoms with Gasteiger partial charge in [-0.25, -0.2) is 0 Å². The van der Waals surface area contributed by atoms with Crippen molar-refractivity contribution in [3.8, 4) is 11.5 Å². The lowest BCUT2D eigenvalue weighted by Gasteiger charge is -2.13. The van der Waals surface area contributed by atoms with Crippen LogP contribution in [-0.4, -0.2) is 36.3 Å². The molecule has 0 atom stereocenters. The van der Waals surface area contributed by atoms with Crippen molar-refractivity contribution in [3.63, 3.8) is 0 Å². The minimum absolute atomic E-state index is 0.189. The van der Waals surface area contributed by atoms with E-state index >= 15 is 0 Å². The van der Waals surface area contributed by atoms with Crippen LogP contribution in [0, 0.1) is 0 Å². The van der Waals surface area contributed by atoms with Gasteiger partial charge < -0.3 is 14.8 Å². The van der Waals surface area contributed by atoms with Gasteiger partial charge in [0.25, 0.3) is 17.7 Å². The van der Waals surface area contributed by atoms with Gasteiger partial charge in [-0.15, -0.1) is 0 Å². The van der Waals surface area contributed by atoms with Gasteiger partial charge in [-0.2, -0.15) is 0 Å².